The smallest absolute Gasteiger partial charge is 0.386 e. The van der Waals surface area contributed by atoms with Crippen LogP contribution in [0.5, 0.6) is 0 Å². The van der Waals surface area contributed by atoms with Crippen molar-refractivity contribution in [2.75, 3.05) is 6.61 Å². The fourth-order valence-electron chi connectivity index (χ4n) is 3.22. The highest BCUT2D eigenvalue weighted by Gasteiger charge is 2.31. The van der Waals surface area contributed by atoms with Crippen LogP contribution in [0.3, 0.4) is 0 Å². The van der Waals surface area contributed by atoms with Gasteiger partial charge in [0.25, 0.3) is 19.5 Å². The molecule has 4 heterocycles. The van der Waals surface area contributed by atoms with Gasteiger partial charge in [0.2, 0.25) is 6.29 Å². The molecule has 0 aromatic carbocycles. The molecule has 2 aliphatic heterocycles. The molecule has 4 atom stereocenters. The van der Waals surface area contributed by atoms with Crippen molar-refractivity contribution < 1.29 is 33.9 Å². The van der Waals surface area contributed by atoms with Crippen molar-refractivity contribution in [1.82, 2.24) is 19.1 Å². The summed E-state index contributed by atoms with van der Waals surface area (Å²) < 4.78 is 17.8. The molecule has 5 N–H and O–H groups in total. The molecule has 36 heavy (non-hydrogen) atoms. The van der Waals surface area contributed by atoms with Gasteiger partial charge in [0, 0.05) is 24.5 Å². The van der Waals surface area contributed by atoms with Gasteiger partial charge in [-0.25, -0.2) is 14.4 Å². The number of aliphatic hydroxyl groups excluding tert-OH is 1. The van der Waals surface area contributed by atoms with Crippen LogP contribution in [0.15, 0.2) is 67.0 Å². The first-order chi connectivity index (χ1) is 17.0. The van der Waals surface area contributed by atoms with Gasteiger partial charge in [-0.05, 0) is 37.1 Å². The van der Waals surface area contributed by atoms with E-state index in [0.29, 0.717) is 5.57 Å². The summed E-state index contributed by atoms with van der Waals surface area (Å²) in [6.45, 7) is 3.28. The van der Waals surface area contributed by atoms with Crippen LogP contribution in [0, 0.1) is 0 Å². The predicted octanol–water partition coefficient (Wildman–Crippen LogP) is -0.856. The summed E-state index contributed by atoms with van der Waals surface area (Å²) >= 11 is 0. The number of aliphatic hydroxyl groups is 1. The number of nitrogens with zero attached hydrogens (tertiary/aromatic N) is 2. The van der Waals surface area contributed by atoms with Crippen LogP contribution in [0.25, 0.3) is 0 Å². The van der Waals surface area contributed by atoms with Gasteiger partial charge in [0.05, 0.1) is 6.61 Å². The highest BCUT2D eigenvalue weighted by atomic mass is 31.2. The fourth-order valence-corrected chi connectivity index (χ4v) is 3.41. The van der Waals surface area contributed by atoms with Gasteiger partial charge >= 0.3 is 17.1 Å². The largest absolute Gasteiger partial charge is 0.425 e. The Morgan fingerprint density at radius 3 is 1.89 bits per heavy atom. The molecule has 0 saturated heterocycles. The molecule has 2 aromatic heterocycles. The van der Waals surface area contributed by atoms with E-state index in [9.17, 15) is 24.0 Å². The lowest BCUT2D eigenvalue weighted by Gasteiger charge is -2.17. The van der Waals surface area contributed by atoms with Gasteiger partial charge in [0.15, 0.2) is 12.5 Å². The molecule has 0 bridgehead atoms. The zero-order valence-electron chi connectivity index (χ0n) is 18.9. The van der Waals surface area contributed by atoms with Crippen molar-refractivity contribution in [3.8, 4) is 0 Å². The van der Waals surface area contributed by atoms with Gasteiger partial charge < -0.3 is 29.1 Å². The number of nitrogens with one attached hydrogen (secondary N) is 2. The lowest BCUT2D eigenvalue weighted by molar-refractivity contribution is -0.102. The minimum atomic E-state index is -2.86. The molecule has 15 nitrogen and oxygen atoms in total. The number of carbonyl (C=O) groups is 1. The third-order valence-electron chi connectivity index (χ3n) is 5.04. The zero-order valence-corrected chi connectivity index (χ0v) is 19.8. The molecule has 0 aliphatic carbocycles. The number of carbonyl (C=O) groups excluding carboxylic acids is 1. The maximum absolute atomic E-state index is 11.6. The number of hydrogen-bond donors (Lipinski definition) is 5. The highest BCUT2D eigenvalue weighted by molar-refractivity contribution is 7.63. The van der Waals surface area contributed by atoms with Crippen molar-refractivity contribution in [2.24, 2.45) is 0 Å². The van der Waals surface area contributed by atoms with Crippen molar-refractivity contribution in [3.63, 3.8) is 0 Å². The molecule has 2 aliphatic rings. The second-order valence-electron chi connectivity index (χ2n) is 7.59. The SMILES string of the molecule is CC1=C[C@H](n2ccc(=O)[nH]c2=O)O[C@@H]1CO.CC1=C[C@H](n2ccc(=O)[nH]c2=O)O[C@@H]1OC(=O)P(O)O. The van der Waals surface area contributed by atoms with E-state index in [1.165, 1.54) is 29.1 Å². The topological polar surface area (TPSA) is 215 Å². The van der Waals surface area contributed by atoms with E-state index < -0.39 is 55.3 Å². The molecule has 0 unspecified atom stereocenters. The van der Waals surface area contributed by atoms with Crippen LogP contribution in [0.1, 0.15) is 26.3 Å². The van der Waals surface area contributed by atoms with Crippen molar-refractivity contribution >= 4 is 14.1 Å². The van der Waals surface area contributed by atoms with Crippen molar-refractivity contribution in [2.45, 2.75) is 38.7 Å². The quantitative estimate of drug-likeness (QED) is 0.239. The van der Waals surface area contributed by atoms with Crippen LogP contribution >= 0.6 is 8.38 Å². The van der Waals surface area contributed by atoms with Crippen LogP contribution in [-0.4, -0.2) is 58.7 Å². The summed E-state index contributed by atoms with van der Waals surface area (Å²) in [4.78, 5) is 77.6. The Kier molecular flexibility index (Phi) is 8.68. The highest BCUT2D eigenvalue weighted by Crippen LogP contribution is 2.32. The molecule has 194 valence electrons. The monoisotopic (exact) mass is 526 g/mol. The first-order valence-electron chi connectivity index (χ1n) is 10.3. The number of aromatic amines is 2. The van der Waals surface area contributed by atoms with E-state index in [1.807, 2.05) is 6.92 Å². The molecule has 2 aromatic rings. The number of rotatable bonds is 5. The summed E-state index contributed by atoms with van der Waals surface area (Å²) in [7, 11) is -2.86. The first-order valence-corrected chi connectivity index (χ1v) is 11.5. The van der Waals surface area contributed by atoms with E-state index in [-0.39, 0.29) is 12.7 Å². The van der Waals surface area contributed by atoms with Gasteiger partial charge in [-0.2, -0.15) is 0 Å². The zero-order chi connectivity index (χ0) is 26.6. The van der Waals surface area contributed by atoms with E-state index in [2.05, 4.69) is 9.97 Å². The standard InChI is InChI=1S/C10H11N2O7P.C10H12N2O4/c1-5-4-7(12-3-2-6(13)11-9(12)14)18-8(5)19-10(15)20(16)17;1-6-4-9(16-7(6)5-13)12-3-2-8(14)11-10(12)15/h2-4,7-8,16-17H,1H3,(H,11,13,14);2-4,7,9,13H,5H2,1H3,(H,11,14,15)/t7-,8-;7-,9-/m11/s1. The van der Waals surface area contributed by atoms with Gasteiger partial charge in [-0.1, -0.05) is 0 Å². The molecular formula is C20H23N4O11P. The van der Waals surface area contributed by atoms with Crippen LogP contribution in [0.2, 0.25) is 0 Å². The molecule has 0 spiro atoms. The third kappa shape index (κ3) is 6.40. The predicted molar refractivity (Wildman–Crippen MR) is 123 cm³/mol. The lowest BCUT2D eigenvalue weighted by Crippen LogP contribution is -2.32. The molecule has 4 rings (SSSR count). The van der Waals surface area contributed by atoms with E-state index in [4.69, 9.17) is 29.1 Å². The van der Waals surface area contributed by atoms with Crippen LogP contribution < -0.4 is 22.5 Å². The lowest BCUT2D eigenvalue weighted by atomic mass is 10.2. The molecular weight excluding hydrogens is 503 g/mol. The van der Waals surface area contributed by atoms with Crippen LogP contribution in [-0.2, 0) is 14.2 Å². The number of H-pyrrole nitrogens is 2. The summed E-state index contributed by atoms with van der Waals surface area (Å²) in [5.74, 6) is 0. The first kappa shape index (κ1) is 27.1. The number of hydrogen-bond acceptors (Lipinski definition) is 11. The summed E-state index contributed by atoms with van der Waals surface area (Å²) in [6.07, 6.45) is 2.93. The summed E-state index contributed by atoms with van der Waals surface area (Å²) in [5.41, 5.74) is -2.04. The van der Waals surface area contributed by atoms with Gasteiger partial charge in [-0.15, -0.1) is 0 Å². The Hall–Kier alpha value is -3.46. The van der Waals surface area contributed by atoms with Gasteiger partial charge in [0.1, 0.15) is 6.10 Å². The number of ether oxygens (including phenoxy) is 3. The molecule has 0 saturated carbocycles. The fraction of sp³-hybridized carbons (Fsp3) is 0.350. The van der Waals surface area contributed by atoms with E-state index in [0.717, 1.165) is 16.2 Å². The minimum Gasteiger partial charge on any atom is -0.425 e. The average molecular weight is 526 g/mol. The van der Waals surface area contributed by atoms with Crippen molar-refractivity contribution in [3.05, 3.63) is 89.5 Å². The van der Waals surface area contributed by atoms with Crippen molar-refractivity contribution in [1.29, 1.82) is 0 Å². The van der Waals surface area contributed by atoms with Crippen LogP contribution in [0.4, 0.5) is 4.79 Å². The number of aromatic nitrogens is 4. The Labute approximate surface area is 202 Å². The molecule has 0 fully saturated rings. The maximum Gasteiger partial charge on any atom is 0.386 e. The Balaban J connectivity index is 0.000000205. The van der Waals surface area contributed by atoms with E-state index >= 15 is 0 Å². The maximum atomic E-state index is 11.6. The minimum absolute atomic E-state index is 0.128. The molecule has 0 radical (unpaired) electrons. The Morgan fingerprint density at radius 1 is 0.944 bits per heavy atom. The summed E-state index contributed by atoms with van der Waals surface area (Å²) in [5, 5.41) is 9.00. The second kappa shape index (κ2) is 11.5. The normalized spacial score (nSPS) is 23.1. The Morgan fingerprint density at radius 2 is 1.44 bits per heavy atom. The third-order valence-corrected chi connectivity index (χ3v) is 5.48. The average Bonchev–Trinajstić information content (AvgIpc) is 3.35. The van der Waals surface area contributed by atoms with E-state index in [1.54, 1.807) is 13.0 Å². The van der Waals surface area contributed by atoms with Gasteiger partial charge in [-0.3, -0.25) is 28.7 Å². The second-order valence-corrected chi connectivity index (χ2v) is 8.53. The molecule has 0 amide bonds. The Bertz CT molecular complexity index is 1400. The molecule has 16 heteroatoms. The summed E-state index contributed by atoms with van der Waals surface area (Å²) in [6, 6.07) is 2.40.